The third kappa shape index (κ3) is 23.0. The van der Waals surface area contributed by atoms with Gasteiger partial charge >= 0.3 is 16.3 Å². The Morgan fingerprint density at radius 3 is 1.58 bits per heavy atom. The van der Waals surface area contributed by atoms with E-state index in [1.165, 1.54) is 24.8 Å². The highest BCUT2D eigenvalue weighted by Gasteiger charge is 2.52. The molecule has 1 aliphatic heterocycles. The van der Waals surface area contributed by atoms with Gasteiger partial charge in [-0.2, -0.15) is 8.42 Å². The zero-order valence-electron chi connectivity index (χ0n) is 58.9. The van der Waals surface area contributed by atoms with E-state index in [4.69, 9.17) is 24.6 Å². The van der Waals surface area contributed by atoms with Crippen molar-refractivity contribution in [2.45, 2.75) is 216 Å². The fourth-order valence-electron chi connectivity index (χ4n) is 13.4. The van der Waals surface area contributed by atoms with Gasteiger partial charge in [0.1, 0.15) is 11.6 Å². The van der Waals surface area contributed by atoms with E-state index >= 15 is 0 Å². The van der Waals surface area contributed by atoms with E-state index in [1.807, 2.05) is 45.0 Å². The number of ether oxygens (including phenoxy) is 3. The van der Waals surface area contributed by atoms with Gasteiger partial charge in [-0.25, -0.2) is 9.86 Å². The molecule has 4 aromatic rings. The first-order chi connectivity index (χ1) is 47.5. The number of alkyl carbamates (subject to hydrolysis) is 1. The van der Waals surface area contributed by atoms with Crippen LogP contribution in [0.1, 0.15) is 232 Å². The summed E-state index contributed by atoms with van der Waals surface area (Å²) < 4.78 is 53.2. The smallest absolute Gasteiger partial charge is 0.407 e. The fourth-order valence-corrected chi connectivity index (χ4v) is 13.8. The van der Waals surface area contributed by atoms with Crippen molar-refractivity contribution in [3.63, 3.8) is 0 Å². The van der Waals surface area contributed by atoms with Crippen molar-refractivity contribution in [1.29, 1.82) is 0 Å². The predicted octanol–water partition coefficient (Wildman–Crippen LogP) is 13.9. The molecule has 23 nitrogen and oxygen atoms in total. The zero-order chi connectivity index (χ0) is 71.5. The van der Waals surface area contributed by atoms with Crippen LogP contribution in [-0.4, -0.2) is 149 Å². The number of nitrogens with zero attached hydrogens (tertiary/aromatic N) is 6. The zero-order valence-corrected chi connectivity index (χ0v) is 59.8. The van der Waals surface area contributed by atoms with Gasteiger partial charge in [0.15, 0.2) is 0 Å². The van der Waals surface area contributed by atoms with Crippen LogP contribution in [0, 0.1) is 0 Å². The first kappa shape index (κ1) is 78.4. The number of carbonyl (C=O) groups is 7. The Bertz CT molecular complexity index is 3480. The van der Waals surface area contributed by atoms with E-state index in [9.17, 15) is 45.9 Å². The second-order valence-corrected chi connectivity index (χ2v) is 28.5. The number of hydrogen-bond acceptors (Lipinski definition) is 14. The van der Waals surface area contributed by atoms with Crippen molar-refractivity contribution in [2.75, 3.05) is 82.7 Å². The number of nitrogens with one attached hydrogen (secondary N) is 4. The third-order valence-electron chi connectivity index (χ3n) is 18.4. The largest absolute Gasteiger partial charge is 0.444 e. The number of carbonyl (C=O) groups excluding carboxylic acids is 7. The Morgan fingerprint density at radius 1 is 0.636 bits per heavy atom. The normalized spacial score (nSPS) is 16.6. The number of anilines is 3. The highest BCUT2D eigenvalue weighted by Crippen LogP contribution is 2.62. The number of benzene rings is 4. The monoisotopic (exact) mass is 1390 g/mol. The number of rotatable bonds is 42. The van der Waals surface area contributed by atoms with Crippen molar-refractivity contribution in [2.24, 2.45) is 5.11 Å². The molecule has 2 atom stereocenters. The molecule has 540 valence electrons. The number of hydrogen-bond donors (Lipinski definition) is 4. The number of amides is 7. The molecule has 8 rings (SSSR count). The summed E-state index contributed by atoms with van der Waals surface area (Å²) in [6, 6.07) is 20.6. The molecule has 1 fully saturated rings. The Morgan fingerprint density at radius 2 is 1.10 bits per heavy atom. The minimum Gasteiger partial charge on any atom is -0.444 e. The first-order valence-electron chi connectivity index (χ1n) is 35.5. The molecule has 2 bridgehead atoms. The maximum absolute atomic E-state index is 14.6. The topological polar surface area (TPSA) is 297 Å². The number of azide groups is 1. The van der Waals surface area contributed by atoms with Crippen molar-refractivity contribution in [3.8, 4) is 0 Å². The standard InChI is InChI=1S/C74H103FN10O13S/c1-8-10-12-14-17-21-25-65(86)78-53-30-35-58-61(47-53)74(39-38-68(89)83(6)41-42-95-43-44-96-45-46-97-84(7)71(91)64-50-56(81-82-76)51-85(64)70(90)52-28-33-57(34-29-52)99(75,93)94)62-48-54(79-66(87)26-22-18-15-13-11-9-2)31-36-59(62)69(58)60-37-32-55(49-63(60)74)80-67(88)27-23-19-16-20-24-40-77-72(92)98-73(3,4)5/h28-37,47-49,56,64,69H,8-27,38-46,50-51H2,1-7H3,(H,77,92)(H,78,86)(H,79,87)(H,80,88)/t56-,64?,69?,74?/m0/s1. The molecular weight excluding hydrogens is 1290 g/mol. The molecule has 1 saturated heterocycles. The Balaban J connectivity index is 1.02. The number of hydroxylamine groups is 2. The average Bonchev–Trinajstić information content (AvgIpc) is 1.03. The summed E-state index contributed by atoms with van der Waals surface area (Å²) in [4.78, 5) is 106. The lowest BCUT2D eigenvalue weighted by molar-refractivity contribution is -0.186. The maximum Gasteiger partial charge on any atom is 0.407 e. The van der Waals surface area contributed by atoms with E-state index in [1.54, 1.807) is 11.9 Å². The van der Waals surface area contributed by atoms with Crippen molar-refractivity contribution >= 4 is 68.8 Å². The molecule has 1 heterocycles. The number of unbranched alkanes of at least 4 members (excludes halogenated alkanes) is 14. The summed E-state index contributed by atoms with van der Waals surface area (Å²) in [7, 11) is -1.90. The molecule has 7 amide bonds. The number of likely N-dealkylation sites (tertiary alicyclic amines) is 1. The van der Waals surface area contributed by atoms with Crippen molar-refractivity contribution < 1.29 is 64.9 Å². The Hall–Kier alpha value is -7.96. The van der Waals surface area contributed by atoms with Crippen LogP contribution in [0.4, 0.5) is 25.7 Å². The molecule has 4 aromatic carbocycles. The summed E-state index contributed by atoms with van der Waals surface area (Å²) in [5.41, 5.74) is 15.3. The van der Waals surface area contributed by atoms with Gasteiger partial charge in [-0.05, 0) is 159 Å². The van der Waals surface area contributed by atoms with E-state index in [0.717, 1.165) is 153 Å². The highest BCUT2D eigenvalue weighted by molar-refractivity contribution is 7.86. The molecule has 25 heteroatoms. The van der Waals surface area contributed by atoms with Crippen LogP contribution in [-0.2, 0) is 58.7 Å². The number of halogens is 1. The fraction of sp³-hybridized carbons (Fsp3) is 0.581. The van der Waals surface area contributed by atoms with E-state index in [0.29, 0.717) is 55.7 Å². The van der Waals surface area contributed by atoms with Gasteiger partial charge in [-0.15, -0.1) is 3.89 Å². The van der Waals surface area contributed by atoms with Crippen LogP contribution in [0.25, 0.3) is 10.4 Å². The second-order valence-electron chi connectivity index (χ2n) is 27.1. The molecular formula is C74H103FN10O13S. The van der Waals surface area contributed by atoms with Crippen LogP contribution < -0.4 is 21.3 Å². The Kier molecular flexibility index (Phi) is 30.5. The summed E-state index contributed by atoms with van der Waals surface area (Å²) in [6.45, 7) is 11.0. The number of likely N-dealkylation sites (N-methyl/N-ethyl adjacent to an activating group) is 2. The molecule has 3 aliphatic carbocycles. The van der Waals surface area contributed by atoms with Gasteiger partial charge in [0.2, 0.25) is 23.6 Å². The summed E-state index contributed by atoms with van der Waals surface area (Å²) in [5.74, 6) is -1.91. The van der Waals surface area contributed by atoms with Gasteiger partial charge in [-0.1, -0.05) is 121 Å². The summed E-state index contributed by atoms with van der Waals surface area (Å²) in [5, 5.41) is 17.1. The van der Waals surface area contributed by atoms with Gasteiger partial charge in [0.05, 0.1) is 44.0 Å². The third-order valence-corrected chi connectivity index (χ3v) is 19.3. The second kappa shape index (κ2) is 38.6. The molecule has 0 aromatic heterocycles. The molecule has 0 spiro atoms. The molecule has 1 unspecified atom stereocenters. The molecule has 99 heavy (non-hydrogen) atoms. The van der Waals surface area contributed by atoms with Gasteiger partial charge in [-0.3, -0.25) is 33.6 Å². The Labute approximate surface area is 583 Å². The summed E-state index contributed by atoms with van der Waals surface area (Å²) >= 11 is 0. The lowest BCUT2D eigenvalue weighted by Crippen LogP contribution is -2.46. The average molecular weight is 1390 g/mol. The molecule has 4 N–H and O–H groups in total. The highest BCUT2D eigenvalue weighted by atomic mass is 32.3. The minimum absolute atomic E-state index is 0.00204. The first-order valence-corrected chi connectivity index (χ1v) is 36.9. The minimum atomic E-state index is -5.00. The van der Waals surface area contributed by atoms with Crippen LogP contribution in [0.15, 0.2) is 88.9 Å². The van der Waals surface area contributed by atoms with Crippen molar-refractivity contribution in [3.05, 3.63) is 128 Å². The van der Waals surface area contributed by atoms with Crippen molar-refractivity contribution in [1.82, 2.24) is 20.2 Å². The molecule has 4 aliphatic rings. The van der Waals surface area contributed by atoms with Crippen LogP contribution in [0.5, 0.6) is 0 Å². The van der Waals surface area contributed by atoms with Gasteiger partial charge in [0, 0.05) is 98.3 Å². The molecule has 0 radical (unpaired) electrons. The predicted molar refractivity (Wildman–Crippen MR) is 378 cm³/mol. The van der Waals surface area contributed by atoms with E-state index in [-0.39, 0.29) is 94.1 Å². The quantitative estimate of drug-likeness (QED) is 0.00802. The van der Waals surface area contributed by atoms with E-state index < -0.39 is 56.1 Å². The van der Waals surface area contributed by atoms with Gasteiger partial charge < -0.3 is 45.3 Å². The maximum atomic E-state index is 14.6. The van der Waals surface area contributed by atoms with E-state index in [2.05, 4.69) is 75.5 Å². The van der Waals surface area contributed by atoms with Crippen LogP contribution in [0.3, 0.4) is 0 Å². The summed E-state index contributed by atoms with van der Waals surface area (Å²) in [6.07, 6.45) is 17.7. The van der Waals surface area contributed by atoms with Gasteiger partial charge in [0.25, 0.3) is 11.8 Å². The molecule has 0 saturated carbocycles. The lowest BCUT2D eigenvalue weighted by Gasteiger charge is -2.51. The van der Waals surface area contributed by atoms with Crippen LogP contribution >= 0.6 is 0 Å². The van der Waals surface area contributed by atoms with Crippen LogP contribution in [0.2, 0.25) is 0 Å². The SMILES string of the molecule is CCCCCCCCC(=O)Nc1ccc2c(c1)C1(CCC(=O)N(C)CCOCCOCCON(C)C(=O)C3C[C@H](N=[N+]=[N-])CN3C(=O)c3ccc(S(=O)(=O)F)cc3)c3cc(NC(=O)CCCCCCCC)ccc3C2c2ccc(NC(=O)CCCCCCCNC(=O)OC(C)(C)C)cc21. The lowest BCUT2D eigenvalue weighted by atomic mass is 9.51.